The van der Waals surface area contributed by atoms with Crippen LogP contribution in [0.2, 0.25) is 0 Å². The summed E-state index contributed by atoms with van der Waals surface area (Å²) in [6.45, 7) is 3.21. The van der Waals surface area contributed by atoms with Gasteiger partial charge < -0.3 is 9.88 Å². The summed E-state index contributed by atoms with van der Waals surface area (Å²) < 4.78 is 30.4. The van der Waals surface area contributed by atoms with Crippen LogP contribution in [0.5, 0.6) is 0 Å². The number of aryl methyl sites for hydroxylation is 1. The lowest BCUT2D eigenvalue weighted by atomic mass is 10.1. The first kappa shape index (κ1) is 23.2. The predicted octanol–water partition coefficient (Wildman–Crippen LogP) is 3.65. The molecule has 6 nitrogen and oxygen atoms in total. The number of aromatic nitrogens is 2. The lowest BCUT2D eigenvalue weighted by Gasteiger charge is -2.15. The summed E-state index contributed by atoms with van der Waals surface area (Å²) in [7, 11) is -1.52. The van der Waals surface area contributed by atoms with E-state index in [1.54, 1.807) is 30.6 Å². The van der Waals surface area contributed by atoms with Gasteiger partial charge in [0.15, 0.2) is 0 Å². The van der Waals surface area contributed by atoms with E-state index in [0.717, 1.165) is 23.7 Å². The zero-order valence-electron chi connectivity index (χ0n) is 17.6. The Labute approximate surface area is 189 Å². The summed E-state index contributed by atoms with van der Waals surface area (Å²) in [5.74, 6) is 0. The molecule has 0 spiro atoms. The number of nitrogens with one attached hydrogen (secondary N) is 2. The molecule has 164 valence electrons. The van der Waals surface area contributed by atoms with E-state index in [0.29, 0.717) is 6.54 Å². The molecule has 0 aliphatic rings. The molecule has 2 heterocycles. The number of halogens is 1. The Morgan fingerprint density at radius 1 is 1.10 bits per heavy atom. The Bertz CT molecular complexity index is 1290. The maximum Gasteiger partial charge on any atom is 0.240 e. The molecule has 8 heteroatoms. The molecule has 0 bridgehead atoms. The molecule has 0 saturated heterocycles. The van der Waals surface area contributed by atoms with Gasteiger partial charge in [0, 0.05) is 54.5 Å². The third-order valence-corrected chi connectivity index (χ3v) is 6.87. The fourth-order valence-corrected chi connectivity index (χ4v) is 5.05. The minimum absolute atomic E-state index is 0. The molecule has 0 saturated carbocycles. The Morgan fingerprint density at radius 2 is 1.90 bits per heavy atom. The molecule has 4 aromatic rings. The van der Waals surface area contributed by atoms with Crippen LogP contribution < -0.4 is 10.0 Å². The van der Waals surface area contributed by atoms with Crippen molar-refractivity contribution in [3.8, 4) is 0 Å². The van der Waals surface area contributed by atoms with Gasteiger partial charge in [0.2, 0.25) is 10.0 Å². The Morgan fingerprint density at radius 3 is 2.74 bits per heavy atom. The second-order valence-corrected chi connectivity index (χ2v) is 9.36. The van der Waals surface area contributed by atoms with Gasteiger partial charge in [0.1, 0.15) is 0 Å². The highest BCUT2D eigenvalue weighted by Gasteiger charge is 2.17. The monoisotopic (exact) mass is 458 g/mol. The first-order chi connectivity index (χ1) is 14.4. The van der Waals surface area contributed by atoms with Gasteiger partial charge >= 0.3 is 0 Å². The molecule has 1 unspecified atom stereocenters. The predicted molar refractivity (Wildman–Crippen MR) is 128 cm³/mol. The van der Waals surface area contributed by atoms with E-state index in [1.807, 2.05) is 19.1 Å². The number of hydrogen-bond acceptors (Lipinski definition) is 4. The zero-order valence-corrected chi connectivity index (χ0v) is 19.2. The van der Waals surface area contributed by atoms with Crippen molar-refractivity contribution in [3.05, 3.63) is 72.7 Å². The van der Waals surface area contributed by atoms with Gasteiger partial charge in [-0.25, -0.2) is 13.1 Å². The van der Waals surface area contributed by atoms with E-state index in [-0.39, 0.29) is 23.3 Å². The van der Waals surface area contributed by atoms with Crippen LogP contribution >= 0.6 is 12.4 Å². The van der Waals surface area contributed by atoms with Gasteiger partial charge in [0.25, 0.3) is 0 Å². The molecule has 2 aromatic heterocycles. The van der Waals surface area contributed by atoms with Crippen molar-refractivity contribution < 1.29 is 8.42 Å². The highest BCUT2D eigenvalue weighted by atomic mass is 35.5. The quantitative estimate of drug-likeness (QED) is 0.395. The summed E-state index contributed by atoms with van der Waals surface area (Å²) in [5, 5.41) is 6.40. The first-order valence-electron chi connectivity index (χ1n) is 10.0. The van der Waals surface area contributed by atoms with Crippen molar-refractivity contribution in [1.29, 1.82) is 0 Å². The molecule has 0 radical (unpaired) electrons. The van der Waals surface area contributed by atoms with Crippen molar-refractivity contribution in [2.75, 3.05) is 13.1 Å². The van der Waals surface area contributed by atoms with Crippen LogP contribution in [-0.4, -0.2) is 37.1 Å². The van der Waals surface area contributed by atoms with E-state index in [1.165, 1.54) is 16.5 Å². The second-order valence-electron chi connectivity index (χ2n) is 7.64. The third-order valence-electron chi connectivity index (χ3n) is 5.28. The molecule has 31 heavy (non-hydrogen) atoms. The molecule has 0 aliphatic carbocycles. The fourth-order valence-electron chi connectivity index (χ4n) is 3.77. The number of nitrogens with zero attached hydrogens (tertiary/aromatic N) is 2. The molecule has 0 fully saturated rings. The Balaban J connectivity index is 0.00000272. The molecule has 0 amide bonds. The maximum absolute atomic E-state index is 12.7. The average molecular weight is 459 g/mol. The topological polar surface area (TPSA) is 76.0 Å². The van der Waals surface area contributed by atoms with E-state index in [4.69, 9.17) is 0 Å². The molecular weight excluding hydrogens is 432 g/mol. The van der Waals surface area contributed by atoms with Crippen LogP contribution in [0.3, 0.4) is 0 Å². The van der Waals surface area contributed by atoms with Crippen molar-refractivity contribution in [1.82, 2.24) is 19.6 Å². The summed E-state index contributed by atoms with van der Waals surface area (Å²) in [4.78, 5) is 4.33. The van der Waals surface area contributed by atoms with Gasteiger partial charge in [-0.05, 0) is 55.1 Å². The number of hydrogen-bond donors (Lipinski definition) is 2. The van der Waals surface area contributed by atoms with Gasteiger partial charge in [-0.1, -0.05) is 24.3 Å². The van der Waals surface area contributed by atoms with E-state index in [2.05, 4.69) is 51.0 Å². The average Bonchev–Trinajstić information content (AvgIpc) is 3.06. The van der Waals surface area contributed by atoms with Crippen molar-refractivity contribution in [3.63, 3.8) is 0 Å². The van der Waals surface area contributed by atoms with Crippen molar-refractivity contribution >= 4 is 44.1 Å². The summed E-state index contributed by atoms with van der Waals surface area (Å²) >= 11 is 0. The number of sulfonamides is 1. The van der Waals surface area contributed by atoms with E-state index >= 15 is 0 Å². The van der Waals surface area contributed by atoms with Crippen LogP contribution in [0.1, 0.15) is 12.5 Å². The van der Waals surface area contributed by atoms with Gasteiger partial charge in [-0.15, -0.1) is 12.4 Å². The lowest BCUT2D eigenvalue weighted by molar-refractivity contribution is 0.537. The molecule has 1 atom stereocenters. The van der Waals surface area contributed by atoms with Gasteiger partial charge in [0.05, 0.1) is 4.90 Å². The number of rotatable bonds is 8. The molecule has 4 rings (SSSR count). The number of fused-ring (bicyclic) bond motifs is 2. The minimum Gasteiger partial charge on any atom is -0.350 e. The standard InChI is InChI=1S/C23H26N4O2S.ClH/c1-17(14-24-12-10-20-16-27(2)23-6-4-3-5-22(20)23)26-30(28,29)21-8-7-19-15-25-11-9-18(19)13-21;/h3-9,11,13,15-17,24,26H,10,12,14H2,1-2H3;1H. The molecule has 2 N–H and O–H groups in total. The van der Waals surface area contributed by atoms with Gasteiger partial charge in [-0.3, -0.25) is 4.98 Å². The van der Waals surface area contributed by atoms with Crippen LogP contribution in [-0.2, 0) is 23.5 Å². The Kier molecular flexibility index (Phi) is 7.33. The van der Waals surface area contributed by atoms with Crippen LogP contribution in [0.15, 0.2) is 72.0 Å². The zero-order chi connectivity index (χ0) is 21.1. The van der Waals surface area contributed by atoms with Crippen LogP contribution in [0, 0.1) is 0 Å². The number of para-hydroxylation sites is 1. The highest BCUT2D eigenvalue weighted by molar-refractivity contribution is 7.89. The summed E-state index contributed by atoms with van der Waals surface area (Å²) in [5.41, 5.74) is 2.51. The molecule has 0 aliphatic heterocycles. The fraction of sp³-hybridized carbons (Fsp3) is 0.261. The normalized spacial score (nSPS) is 12.7. The van der Waals surface area contributed by atoms with Crippen molar-refractivity contribution in [2.45, 2.75) is 24.3 Å². The van der Waals surface area contributed by atoms with Crippen LogP contribution in [0.4, 0.5) is 0 Å². The summed E-state index contributed by atoms with van der Waals surface area (Å²) in [6.07, 6.45) is 6.43. The number of pyridine rings is 1. The number of benzene rings is 2. The maximum atomic E-state index is 12.7. The minimum atomic E-state index is -3.58. The van der Waals surface area contributed by atoms with Crippen molar-refractivity contribution in [2.24, 2.45) is 7.05 Å². The SMILES string of the molecule is CC(CNCCc1cn(C)c2ccccc12)NS(=O)(=O)c1ccc2cnccc2c1.Cl. The first-order valence-corrected chi connectivity index (χ1v) is 11.5. The van der Waals surface area contributed by atoms with E-state index < -0.39 is 10.0 Å². The van der Waals surface area contributed by atoms with Gasteiger partial charge in [-0.2, -0.15) is 0 Å². The second kappa shape index (κ2) is 9.78. The molecule has 2 aromatic carbocycles. The van der Waals surface area contributed by atoms with Crippen LogP contribution in [0.25, 0.3) is 21.7 Å². The lowest BCUT2D eigenvalue weighted by Crippen LogP contribution is -2.40. The summed E-state index contributed by atoms with van der Waals surface area (Å²) in [6, 6.07) is 15.0. The highest BCUT2D eigenvalue weighted by Crippen LogP contribution is 2.20. The third kappa shape index (κ3) is 5.25. The smallest absolute Gasteiger partial charge is 0.240 e. The molecular formula is C23H27ClN4O2S. The largest absolute Gasteiger partial charge is 0.350 e. The Hall–Kier alpha value is -2.45. The van der Waals surface area contributed by atoms with E-state index in [9.17, 15) is 8.42 Å².